The fraction of sp³-hybridized carbons (Fsp3) is 0.214. The Kier molecular flexibility index (Phi) is 6.73. The van der Waals surface area contributed by atoms with Crippen molar-refractivity contribution < 1.29 is 19.1 Å². The molecule has 0 spiro atoms. The van der Waals surface area contributed by atoms with Crippen molar-refractivity contribution in [2.24, 2.45) is 15.4 Å². The van der Waals surface area contributed by atoms with Crippen molar-refractivity contribution >= 4 is 52.3 Å². The lowest BCUT2D eigenvalue weighted by Crippen LogP contribution is -2.44. The van der Waals surface area contributed by atoms with Gasteiger partial charge in [0.15, 0.2) is 12.1 Å². The molecule has 0 saturated carbocycles. The Morgan fingerprint density at radius 1 is 0.925 bits per heavy atom. The van der Waals surface area contributed by atoms with Gasteiger partial charge in [-0.3, -0.25) is 19.4 Å². The normalized spacial score (nSPS) is 21.7. The number of carbonyl (C=O) groups excluding carboxylic acids is 3. The van der Waals surface area contributed by atoms with Crippen molar-refractivity contribution in [3.05, 3.63) is 94.0 Å². The zero-order valence-corrected chi connectivity index (χ0v) is 22.7. The number of nitrogens with zero attached hydrogens (tertiary/aromatic N) is 6. The van der Waals surface area contributed by atoms with Gasteiger partial charge in [-0.25, -0.2) is 9.91 Å². The predicted molar refractivity (Wildman–Crippen MR) is 148 cm³/mol. The molecule has 10 nitrogen and oxygen atoms in total. The number of imide groups is 1. The molecule has 0 bridgehead atoms. The summed E-state index contributed by atoms with van der Waals surface area (Å²) in [6.07, 6.45) is 0.467. The van der Waals surface area contributed by atoms with E-state index in [2.05, 4.69) is 15.4 Å². The minimum absolute atomic E-state index is 0.289. The van der Waals surface area contributed by atoms with Crippen LogP contribution in [0.4, 0.5) is 5.69 Å². The monoisotopic (exact) mass is 576 g/mol. The molecule has 12 heteroatoms. The van der Waals surface area contributed by atoms with Crippen LogP contribution in [-0.4, -0.2) is 59.2 Å². The molecule has 3 amide bonds. The molecular weight excluding hydrogens is 555 g/mol. The van der Waals surface area contributed by atoms with E-state index in [4.69, 9.17) is 27.9 Å². The number of anilines is 1. The lowest BCUT2D eigenvalue weighted by atomic mass is 9.98. The molecule has 3 aliphatic rings. The predicted octanol–water partition coefficient (Wildman–Crippen LogP) is 4.67. The first-order valence-electron chi connectivity index (χ1n) is 12.4. The third-order valence-corrected chi connectivity index (χ3v) is 7.59. The smallest absolute Gasteiger partial charge is 0.264 e. The largest absolute Gasteiger partial charge is 0.497 e. The van der Waals surface area contributed by atoms with Gasteiger partial charge in [0.1, 0.15) is 12.3 Å². The topological polar surface area (TPSA) is 107 Å². The van der Waals surface area contributed by atoms with Crippen molar-refractivity contribution in [3.8, 4) is 5.75 Å². The average Bonchev–Trinajstić information content (AvgIpc) is 3.65. The molecule has 0 aliphatic carbocycles. The molecule has 0 N–H and O–H groups in total. The van der Waals surface area contributed by atoms with E-state index in [1.165, 1.54) is 10.0 Å². The second kappa shape index (κ2) is 10.4. The van der Waals surface area contributed by atoms with E-state index >= 15 is 0 Å². The van der Waals surface area contributed by atoms with Crippen LogP contribution in [0.3, 0.4) is 0 Å². The van der Waals surface area contributed by atoms with Gasteiger partial charge >= 0.3 is 0 Å². The molecule has 3 aliphatic heterocycles. The Bertz CT molecular complexity index is 1540. The highest BCUT2D eigenvalue weighted by Gasteiger charge is 2.55. The molecule has 6 rings (SSSR count). The second-order valence-corrected chi connectivity index (χ2v) is 10.3. The van der Waals surface area contributed by atoms with E-state index in [0.29, 0.717) is 33.6 Å². The van der Waals surface area contributed by atoms with Crippen molar-refractivity contribution in [2.45, 2.75) is 24.5 Å². The third-order valence-electron chi connectivity index (χ3n) is 7.08. The van der Waals surface area contributed by atoms with Crippen LogP contribution in [0, 0.1) is 0 Å². The molecule has 40 heavy (non-hydrogen) atoms. The molecular formula is C28H22Cl2N6O4. The number of ether oxygens (including phenoxy) is 1. The molecule has 3 aromatic rings. The quantitative estimate of drug-likeness (QED) is 0.396. The molecule has 3 atom stereocenters. The zero-order chi connectivity index (χ0) is 28.0. The van der Waals surface area contributed by atoms with Crippen molar-refractivity contribution in [2.75, 3.05) is 18.6 Å². The van der Waals surface area contributed by atoms with Gasteiger partial charge in [0.2, 0.25) is 0 Å². The van der Waals surface area contributed by atoms with E-state index in [0.717, 1.165) is 16.0 Å². The van der Waals surface area contributed by atoms with Crippen molar-refractivity contribution in [1.82, 2.24) is 10.0 Å². The molecule has 202 valence electrons. The number of halogens is 2. The van der Waals surface area contributed by atoms with Crippen LogP contribution in [-0.2, 0) is 14.4 Å². The van der Waals surface area contributed by atoms with Gasteiger partial charge in [0.25, 0.3) is 17.7 Å². The number of rotatable bonds is 6. The first-order valence-corrected chi connectivity index (χ1v) is 13.2. The van der Waals surface area contributed by atoms with Crippen LogP contribution in [0.1, 0.15) is 23.6 Å². The van der Waals surface area contributed by atoms with E-state index in [1.807, 2.05) is 36.4 Å². The lowest BCUT2D eigenvalue weighted by molar-refractivity contribution is -0.135. The van der Waals surface area contributed by atoms with Crippen molar-refractivity contribution in [3.63, 3.8) is 0 Å². The summed E-state index contributed by atoms with van der Waals surface area (Å²) in [4.78, 5) is 41.2. The summed E-state index contributed by atoms with van der Waals surface area (Å²) in [5.74, 6) is -0.712. The van der Waals surface area contributed by atoms with E-state index in [9.17, 15) is 14.4 Å². The number of methoxy groups -OCH3 is 1. The highest BCUT2D eigenvalue weighted by molar-refractivity contribution is 6.31. The molecule has 0 unspecified atom stereocenters. The fourth-order valence-electron chi connectivity index (χ4n) is 5.05. The maximum atomic E-state index is 13.7. The summed E-state index contributed by atoms with van der Waals surface area (Å²) in [5, 5.41) is 16.5. The highest BCUT2D eigenvalue weighted by atomic mass is 35.5. The van der Waals surface area contributed by atoms with Gasteiger partial charge in [0, 0.05) is 16.5 Å². The second-order valence-electron chi connectivity index (χ2n) is 9.47. The Morgan fingerprint density at radius 3 is 2.23 bits per heavy atom. The van der Waals surface area contributed by atoms with Gasteiger partial charge in [-0.2, -0.15) is 10.2 Å². The zero-order valence-electron chi connectivity index (χ0n) is 21.1. The third kappa shape index (κ3) is 4.59. The highest BCUT2D eigenvalue weighted by Crippen LogP contribution is 2.36. The minimum Gasteiger partial charge on any atom is -0.497 e. The van der Waals surface area contributed by atoms with Crippen LogP contribution >= 0.6 is 23.2 Å². The molecule has 1 fully saturated rings. The Morgan fingerprint density at radius 2 is 1.57 bits per heavy atom. The average molecular weight is 577 g/mol. The maximum Gasteiger partial charge on any atom is 0.264 e. The van der Waals surface area contributed by atoms with Gasteiger partial charge in [-0.1, -0.05) is 52.7 Å². The van der Waals surface area contributed by atoms with Gasteiger partial charge in [-0.05, 0) is 59.7 Å². The summed E-state index contributed by atoms with van der Waals surface area (Å²) in [6.45, 7) is -0.289. The Balaban J connectivity index is 1.26. The van der Waals surface area contributed by atoms with Crippen LogP contribution in [0.15, 0.2) is 88.2 Å². The summed E-state index contributed by atoms with van der Waals surface area (Å²) >= 11 is 12.0. The lowest BCUT2D eigenvalue weighted by Gasteiger charge is -2.25. The number of amides is 3. The van der Waals surface area contributed by atoms with Crippen LogP contribution < -0.4 is 9.64 Å². The van der Waals surface area contributed by atoms with Crippen molar-refractivity contribution in [1.29, 1.82) is 0 Å². The molecule has 3 aromatic carbocycles. The number of fused-ring (bicyclic) bond motifs is 1. The van der Waals surface area contributed by atoms with Gasteiger partial charge in [-0.15, -0.1) is 0 Å². The number of hydrogen-bond acceptors (Lipinski definition) is 8. The maximum absolute atomic E-state index is 13.7. The Hall–Kier alpha value is -4.28. The number of carbonyl (C=O) groups is 3. The number of hydrogen-bond donors (Lipinski definition) is 0. The summed E-state index contributed by atoms with van der Waals surface area (Å²) in [5.41, 5.74) is 2.80. The van der Waals surface area contributed by atoms with E-state index < -0.39 is 35.8 Å². The summed E-state index contributed by atoms with van der Waals surface area (Å²) < 4.78 is 5.28. The van der Waals surface area contributed by atoms with Crippen LogP contribution in [0.5, 0.6) is 5.75 Å². The number of benzene rings is 3. The first kappa shape index (κ1) is 26.0. The number of hydrazone groups is 1. The molecule has 1 saturated heterocycles. The first-order chi connectivity index (χ1) is 19.3. The Labute approximate surface area is 239 Å². The van der Waals surface area contributed by atoms with Crippen LogP contribution in [0.25, 0.3) is 0 Å². The SMILES string of the molecule is COc1ccc([C@H]2CC(c3ccc(Cl)cc3)=NN2C(=O)CN2N=N[C@@H]3C(=O)N(c4ccc(Cl)cc4)C(=O)[C@@H]32)cc1. The van der Waals surface area contributed by atoms with Gasteiger partial charge in [0.05, 0.1) is 24.6 Å². The van der Waals surface area contributed by atoms with Crippen LogP contribution in [0.2, 0.25) is 10.0 Å². The molecule has 0 aromatic heterocycles. The molecule has 3 heterocycles. The standard InChI is InChI=1S/C28H22Cl2N6O4/c1-40-21-12-4-17(5-13-21)23-14-22(16-2-6-18(29)7-3-16)32-36(23)24(37)15-34-26-25(31-33-34)27(38)35(28(26)39)20-10-8-19(30)9-11-20/h2-13,23,25-26H,14-15H2,1H3/t23-,25+,26-/m1/s1. The fourth-order valence-corrected chi connectivity index (χ4v) is 5.30. The summed E-state index contributed by atoms with van der Waals surface area (Å²) in [7, 11) is 1.59. The van der Waals surface area contributed by atoms with E-state index in [1.54, 1.807) is 43.5 Å². The van der Waals surface area contributed by atoms with E-state index in [-0.39, 0.29) is 6.54 Å². The minimum atomic E-state index is -1.03. The molecule has 0 radical (unpaired) electrons. The summed E-state index contributed by atoms with van der Waals surface area (Å²) in [6, 6.07) is 18.6. The van der Waals surface area contributed by atoms with Gasteiger partial charge < -0.3 is 4.74 Å².